The highest BCUT2D eigenvalue weighted by molar-refractivity contribution is 4.88. The van der Waals surface area contributed by atoms with E-state index in [-0.39, 0.29) is 0 Å². The zero-order valence-corrected chi connectivity index (χ0v) is 5.41. The molecule has 0 bridgehead atoms. The SMILES string of the molecule is CCc1c[n+](N)ccn1. The van der Waals surface area contributed by atoms with Gasteiger partial charge in [-0.05, 0) is 6.42 Å². The van der Waals surface area contributed by atoms with Crippen molar-refractivity contribution in [2.45, 2.75) is 13.3 Å². The Morgan fingerprint density at radius 3 is 3.00 bits per heavy atom. The molecule has 3 heteroatoms. The first-order chi connectivity index (χ1) is 4.33. The third-order valence-corrected chi connectivity index (χ3v) is 1.14. The normalized spacial score (nSPS) is 9.44. The van der Waals surface area contributed by atoms with E-state index >= 15 is 0 Å². The molecule has 0 aliphatic heterocycles. The highest BCUT2D eigenvalue weighted by Gasteiger charge is 1.94. The van der Waals surface area contributed by atoms with Gasteiger partial charge in [0.05, 0.1) is 6.20 Å². The molecule has 1 aromatic heterocycles. The maximum absolute atomic E-state index is 5.41. The van der Waals surface area contributed by atoms with Gasteiger partial charge in [-0.15, -0.1) is 0 Å². The summed E-state index contributed by atoms with van der Waals surface area (Å²) in [5, 5.41) is 0. The highest BCUT2D eigenvalue weighted by atomic mass is 15.3. The topological polar surface area (TPSA) is 42.8 Å². The molecule has 3 nitrogen and oxygen atoms in total. The first-order valence-electron chi connectivity index (χ1n) is 2.94. The molecule has 0 unspecified atom stereocenters. The molecule has 0 aliphatic carbocycles. The minimum absolute atomic E-state index is 0.929. The maximum atomic E-state index is 5.41. The van der Waals surface area contributed by atoms with Gasteiger partial charge in [-0.1, -0.05) is 11.6 Å². The molecular weight excluding hydrogens is 114 g/mol. The van der Waals surface area contributed by atoms with Crippen LogP contribution in [-0.2, 0) is 6.42 Å². The molecule has 48 valence electrons. The summed E-state index contributed by atoms with van der Waals surface area (Å²) in [5.41, 5.74) is 1.01. The van der Waals surface area contributed by atoms with Gasteiger partial charge >= 0.3 is 0 Å². The standard InChI is InChI=1S/C6H10N3/c1-2-6-5-9(7)4-3-8-6/h3-5H,2H2,1H3,(H2,7,8)/q+1. The van der Waals surface area contributed by atoms with Crippen LogP contribution in [0, 0.1) is 0 Å². The van der Waals surface area contributed by atoms with Crippen LogP contribution in [0.5, 0.6) is 0 Å². The van der Waals surface area contributed by atoms with Crippen molar-refractivity contribution in [3.63, 3.8) is 0 Å². The van der Waals surface area contributed by atoms with Gasteiger partial charge in [0, 0.05) is 0 Å². The van der Waals surface area contributed by atoms with E-state index in [2.05, 4.69) is 4.98 Å². The van der Waals surface area contributed by atoms with E-state index in [9.17, 15) is 0 Å². The molecule has 0 spiro atoms. The monoisotopic (exact) mass is 124 g/mol. The molecule has 1 rings (SSSR count). The van der Waals surface area contributed by atoms with Crippen LogP contribution >= 0.6 is 0 Å². The van der Waals surface area contributed by atoms with E-state index in [1.807, 2.05) is 6.92 Å². The van der Waals surface area contributed by atoms with Crippen LogP contribution in [0.1, 0.15) is 12.6 Å². The largest absolute Gasteiger partial charge is 0.249 e. The van der Waals surface area contributed by atoms with Crippen LogP contribution < -0.4 is 10.5 Å². The highest BCUT2D eigenvalue weighted by Crippen LogP contribution is 1.85. The lowest BCUT2D eigenvalue weighted by Gasteiger charge is -1.88. The van der Waals surface area contributed by atoms with Gasteiger partial charge in [0.25, 0.3) is 0 Å². The Hall–Kier alpha value is -1.12. The van der Waals surface area contributed by atoms with E-state index in [1.54, 1.807) is 18.6 Å². The Labute approximate surface area is 54.1 Å². The molecular formula is C6H10N3+. The second kappa shape index (κ2) is 2.44. The van der Waals surface area contributed by atoms with Crippen molar-refractivity contribution in [1.82, 2.24) is 4.98 Å². The summed E-state index contributed by atoms with van der Waals surface area (Å²) in [5.74, 6) is 5.41. The minimum atomic E-state index is 0.929. The summed E-state index contributed by atoms with van der Waals surface area (Å²) in [6.45, 7) is 2.04. The third-order valence-electron chi connectivity index (χ3n) is 1.14. The van der Waals surface area contributed by atoms with Crippen molar-refractivity contribution in [3.8, 4) is 0 Å². The van der Waals surface area contributed by atoms with Crippen LogP contribution in [0.15, 0.2) is 18.6 Å². The van der Waals surface area contributed by atoms with Gasteiger partial charge in [-0.25, -0.2) is 10.8 Å². The van der Waals surface area contributed by atoms with Crippen LogP contribution in [0.2, 0.25) is 0 Å². The van der Waals surface area contributed by atoms with Gasteiger partial charge in [0.15, 0.2) is 0 Å². The number of nitrogen functional groups attached to an aromatic ring is 1. The quantitative estimate of drug-likeness (QED) is 0.410. The van der Waals surface area contributed by atoms with Gasteiger partial charge in [0.1, 0.15) is 5.69 Å². The second-order valence-corrected chi connectivity index (χ2v) is 1.85. The van der Waals surface area contributed by atoms with E-state index < -0.39 is 0 Å². The van der Waals surface area contributed by atoms with Crippen molar-refractivity contribution in [2.75, 3.05) is 5.84 Å². The number of nitrogens with two attached hydrogens (primary N) is 1. The second-order valence-electron chi connectivity index (χ2n) is 1.85. The fraction of sp³-hybridized carbons (Fsp3) is 0.333. The summed E-state index contributed by atoms with van der Waals surface area (Å²) in [6, 6.07) is 0. The van der Waals surface area contributed by atoms with Gasteiger partial charge < -0.3 is 0 Å². The molecule has 0 atom stereocenters. The lowest BCUT2D eigenvalue weighted by Crippen LogP contribution is -2.44. The summed E-state index contributed by atoms with van der Waals surface area (Å²) < 4.78 is 1.51. The number of nitrogens with zero attached hydrogens (tertiary/aromatic N) is 2. The lowest BCUT2D eigenvalue weighted by atomic mass is 10.4. The number of aryl methyl sites for hydroxylation is 1. The van der Waals surface area contributed by atoms with Crippen molar-refractivity contribution >= 4 is 0 Å². The van der Waals surface area contributed by atoms with Crippen LogP contribution in [0.3, 0.4) is 0 Å². The summed E-state index contributed by atoms with van der Waals surface area (Å²) in [4.78, 5) is 4.06. The maximum Gasteiger partial charge on any atom is 0.220 e. The minimum Gasteiger partial charge on any atom is -0.249 e. The average Bonchev–Trinajstić information content (AvgIpc) is 1.88. The molecule has 0 saturated carbocycles. The Bertz CT molecular complexity index is 197. The van der Waals surface area contributed by atoms with E-state index in [0.29, 0.717) is 0 Å². The van der Waals surface area contributed by atoms with Crippen molar-refractivity contribution in [2.24, 2.45) is 0 Å². The van der Waals surface area contributed by atoms with Crippen molar-refractivity contribution < 1.29 is 4.68 Å². The molecule has 0 aliphatic rings. The third kappa shape index (κ3) is 1.38. The first-order valence-corrected chi connectivity index (χ1v) is 2.94. The molecule has 0 saturated heterocycles. The molecule has 2 N–H and O–H groups in total. The Morgan fingerprint density at radius 1 is 1.78 bits per heavy atom. The van der Waals surface area contributed by atoms with Crippen molar-refractivity contribution in [3.05, 3.63) is 24.3 Å². The van der Waals surface area contributed by atoms with Crippen molar-refractivity contribution in [1.29, 1.82) is 0 Å². The van der Waals surface area contributed by atoms with Gasteiger partial charge in [-0.2, -0.15) is 0 Å². The van der Waals surface area contributed by atoms with E-state index in [4.69, 9.17) is 5.84 Å². The molecule has 0 aromatic carbocycles. The number of rotatable bonds is 1. The van der Waals surface area contributed by atoms with Crippen LogP contribution in [0.4, 0.5) is 0 Å². The van der Waals surface area contributed by atoms with Gasteiger partial charge in [0.2, 0.25) is 12.4 Å². The number of aromatic nitrogens is 2. The lowest BCUT2D eigenvalue weighted by molar-refractivity contribution is -0.639. The zero-order valence-electron chi connectivity index (χ0n) is 5.41. The summed E-state index contributed by atoms with van der Waals surface area (Å²) >= 11 is 0. The number of hydrogen-bond acceptors (Lipinski definition) is 2. The van der Waals surface area contributed by atoms with Gasteiger partial charge in [-0.3, -0.25) is 0 Å². The molecule has 0 radical (unpaired) electrons. The molecule has 0 fully saturated rings. The van der Waals surface area contributed by atoms with E-state index in [1.165, 1.54) is 4.68 Å². The Balaban J connectivity index is 2.94. The molecule has 9 heavy (non-hydrogen) atoms. The fourth-order valence-corrected chi connectivity index (χ4v) is 0.637. The summed E-state index contributed by atoms with van der Waals surface area (Å²) in [6.07, 6.45) is 6.13. The predicted octanol–water partition coefficient (Wildman–Crippen LogP) is -0.355. The Morgan fingerprint density at radius 2 is 2.56 bits per heavy atom. The van der Waals surface area contributed by atoms with E-state index in [0.717, 1.165) is 12.1 Å². The number of hydrogen-bond donors (Lipinski definition) is 1. The molecule has 0 amide bonds. The summed E-state index contributed by atoms with van der Waals surface area (Å²) in [7, 11) is 0. The zero-order chi connectivity index (χ0) is 6.69. The smallest absolute Gasteiger partial charge is 0.220 e. The van der Waals surface area contributed by atoms with Crippen LogP contribution in [-0.4, -0.2) is 4.98 Å². The first kappa shape index (κ1) is 6.01. The molecule has 1 heterocycles. The average molecular weight is 124 g/mol. The predicted molar refractivity (Wildman–Crippen MR) is 34.0 cm³/mol. The Kier molecular flexibility index (Phi) is 1.63. The van der Waals surface area contributed by atoms with Crippen LogP contribution in [0.25, 0.3) is 0 Å². The molecule has 1 aromatic rings. The fourth-order valence-electron chi connectivity index (χ4n) is 0.637.